The van der Waals surface area contributed by atoms with Crippen molar-refractivity contribution in [3.63, 3.8) is 0 Å². The number of nitrogens with one attached hydrogen (secondary N) is 1. The van der Waals surface area contributed by atoms with E-state index in [0.29, 0.717) is 11.4 Å². The third kappa shape index (κ3) is 3.86. The van der Waals surface area contributed by atoms with Gasteiger partial charge >= 0.3 is 5.97 Å². The van der Waals surface area contributed by atoms with Crippen LogP contribution in [0.1, 0.15) is 17.3 Å². The number of anilines is 1. The van der Waals surface area contributed by atoms with Gasteiger partial charge < -0.3 is 4.74 Å². The molecule has 0 amide bonds. The van der Waals surface area contributed by atoms with E-state index in [9.17, 15) is 19.7 Å². The van der Waals surface area contributed by atoms with Crippen molar-refractivity contribution in [1.82, 2.24) is 14.5 Å². The predicted molar refractivity (Wildman–Crippen MR) is 113 cm³/mol. The number of nitro benzene ring substituents is 1. The smallest absolute Gasteiger partial charge is 0.342 e. The Morgan fingerprint density at radius 2 is 1.84 bits per heavy atom. The van der Waals surface area contributed by atoms with Crippen LogP contribution in [-0.2, 0) is 4.74 Å². The molecule has 2 heterocycles. The number of fused-ring (bicyclic) bond motifs is 1. The molecule has 0 saturated heterocycles. The lowest BCUT2D eigenvalue weighted by Crippen LogP contribution is -2.18. The summed E-state index contributed by atoms with van der Waals surface area (Å²) in [6.07, 6.45) is 2.97. The highest BCUT2D eigenvalue weighted by atomic mass is 16.6. The fraction of sp³-hybridized carbons (Fsp3) is 0.0952. The number of carbonyl (C=O) groups excluding carboxylic acids is 1. The average Bonchev–Trinajstić information content (AvgIpc) is 3.11. The number of nitro groups is 1. The molecule has 2 aliphatic heterocycles. The second-order valence-corrected chi connectivity index (χ2v) is 6.53. The largest absolute Gasteiger partial charge is 0.462 e. The summed E-state index contributed by atoms with van der Waals surface area (Å²) in [5.41, 5.74) is 4.16. The fourth-order valence-electron chi connectivity index (χ4n) is 3.08. The van der Waals surface area contributed by atoms with E-state index in [4.69, 9.17) is 4.74 Å². The number of pyridine rings is 1. The number of carbonyl (C=O) groups is 1. The lowest BCUT2D eigenvalue weighted by Gasteiger charge is -2.14. The molecule has 1 N–H and O–H groups in total. The molecule has 10 heteroatoms. The highest BCUT2D eigenvalue weighted by molar-refractivity contribution is 5.96. The van der Waals surface area contributed by atoms with E-state index in [1.165, 1.54) is 46.0 Å². The Balaban J connectivity index is 1.82. The summed E-state index contributed by atoms with van der Waals surface area (Å²) >= 11 is 0. The molecule has 0 fully saturated rings. The average molecular weight is 419 g/mol. The number of rotatable bonds is 6. The van der Waals surface area contributed by atoms with E-state index in [-0.39, 0.29) is 29.1 Å². The van der Waals surface area contributed by atoms with Crippen LogP contribution in [-0.4, -0.2) is 32.0 Å². The fourth-order valence-corrected chi connectivity index (χ4v) is 3.08. The van der Waals surface area contributed by atoms with Gasteiger partial charge in [0.25, 0.3) is 11.2 Å². The standard InChI is InChI=1S/C21H17N5O5/c1-2-31-21(28)18-13-24(22-14-8-10-16(11-9-14)26(29)30)12-17-19(18)23-25(20(17)27)15-6-4-3-5-7-15/h3-13,22H,2H2,1H3. The van der Waals surface area contributed by atoms with Crippen LogP contribution in [0.15, 0.2) is 71.8 Å². The number of hydrogen-bond donors (Lipinski definition) is 1. The van der Waals surface area contributed by atoms with E-state index < -0.39 is 16.5 Å². The minimum atomic E-state index is -0.620. The van der Waals surface area contributed by atoms with Gasteiger partial charge in [0, 0.05) is 24.5 Å². The molecule has 2 aliphatic rings. The van der Waals surface area contributed by atoms with Gasteiger partial charge in [-0.25, -0.2) is 4.79 Å². The van der Waals surface area contributed by atoms with Gasteiger partial charge in [0.1, 0.15) is 11.3 Å². The van der Waals surface area contributed by atoms with Crippen molar-refractivity contribution in [2.24, 2.45) is 0 Å². The zero-order valence-electron chi connectivity index (χ0n) is 16.4. The van der Waals surface area contributed by atoms with Crippen LogP contribution >= 0.6 is 0 Å². The highest BCUT2D eigenvalue weighted by Crippen LogP contribution is 2.24. The van der Waals surface area contributed by atoms with Crippen molar-refractivity contribution in [3.8, 4) is 16.9 Å². The molecule has 0 unspecified atom stereocenters. The minimum absolute atomic E-state index is 0.0517. The van der Waals surface area contributed by atoms with Crippen molar-refractivity contribution >= 4 is 17.3 Å². The van der Waals surface area contributed by atoms with Crippen molar-refractivity contribution in [2.75, 3.05) is 12.0 Å². The maximum atomic E-state index is 13.0. The molecule has 10 nitrogen and oxygen atoms in total. The molecular formula is C21H17N5O5. The first-order valence-corrected chi connectivity index (χ1v) is 9.37. The lowest BCUT2D eigenvalue weighted by molar-refractivity contribution is -0.384. The zero-order valence-corrected chi connectivity index (χ0v) is 16.4. The van der Waals surface area contributed by atoms with Crippen molar-refractivity contribution < 1.29 is 14.5 Å². The summed E-state index contributed by atoms with van der Waals surface area (Å²) in [5.74, 6) is -0.620. The number of hydrogen-bond acceptors (Lipinski definition) is 7. The summed E-state index contributed by atoms with van der Waals surface area (Å²) in [7, 11) is 0. The van der Waals surface area contributed by atoms with Crippen molar-refractivity contribution in [3.05, 3.63) is 93.0 Å². The van der Waals surface area contributed by atoms with Gasteiger partial charge in [0.15, 0.2) is 0 Å². The van der Waals surface area contributed by atoms with Crippen LogP contribution in [0.25, 0.3) is 16.9 Å². The Bertz CT molecular complexity index is 1280. The van der Waals surface area contributed by atoms with Gasteiger partial charge in [0.2, 0.25) is 0 Å². The van der Waals surface area contributed by atoms with Crippen LogP contribution in [0.2, 0.25) is 0 Å². The third-order valence-corrected chi connectivity index (χ3v) is 4.50. The maximum absolute atomic E-state index is 13.0. The van der Waals surface area contributed by atoms with Gasteiger partial charge in [0.05, 0.1) is 28.5 Å². The Labute approximate surface area is 175 Å². The van der Waals surface area contributed by atoms with E-state index in [2.05, 4.69) is 10.5 Å². The monoisotopic (exact) mass is 419 g/mol. The molecule has 0 atom stereocenters. The molecule has 31 heavy (non-hydrogen) atoms. The zero-order chi connectivity index (χ0) is 22.0. The number of para-hydroxylation sites is 1. The van der Waals surface area contributed by atoms with E-state index in [1.807, 2.05) is 6.07 Å². The van der Waals surface area contributed by atoms with Crippen LogP contribution in [0, 0.1) is 10.1 Å². The van der Waals surface area contributed by atoms with Crippen molar-refractivity contribution in [1.29, 1.82) is 0 Å². The molecule has 0 saturated carbocycles. The van der Waals surface area contributed by atoms with Crippen LogP contribution in [0.3, 0.4) is 0 Å². The summed E-state index contributed by atoms with van der Waals surface area (Å²) in [4.78, 5) is 35.9. The van der Waals surface area contributed by atoms with Gasteiger partial charge in [-0.3, -0.25) is 25.0 Å². The first-order chi connectivity index (χ1) is 15.0. The van der Waals surface area contributed by atoms with Gasteiger partial charge in [-0.05, 0) is 31.2 Å². The van der Waals surface area contributed by atoms with E-state index >= 15 is 0 Å². The van der Waals surface area contributed by atoms with Gasteiger partial charge in [-0.2, -0.15) is 9.78 Å². The number of nitrogens with zero attached hydrogens (tertiary/aromatic N) is 4. The van der Waals surface area contributed by atoms with Gasteiger partial charge in [-0.1, -0.05) is 18.2 Å². The highest BCUT2D eigenvalue weighted by Gasteiger charge is 2.25. The summed E-state index contributed by atoms with van der Waals surface area (Å²) < 4.78 is 7.78. The number of esters is 1. The van der Waals surface area contributed by atoms with Crippen LogP contribution in [0.5, 0.6) is 0 Å². The van der Waals surface area contributed by atoms with E-state index in [0.717, 1.165) is 0 Å². The second-order valence-electron chi connectivity index (χ2n) is 6.53. The van der Waals surface area contributed by atoms with Gasteiger partial charge in [-0.15, -0.1) is 0 Å². The Morgan fingerprint density at radius 3 is 2.48 bits per heavy atom. The third-order valence-electron chi connectivity index (χ3n) is 4.50. The first kappa shape index (κ1) is 19.8. The van der Waals surface area contributed by atoms with Crippen LogP contribution in [0.4, 0.5) is 11.4 Å². The molecule has 0 radical (unpaired) electrons. The SMILES string of the molecule is CCOC(=O)c1cn(Nc2ccc([N+](=O)[O-])cc2)cc2c(=O)n(-c3ccccc3)nc1-2. The topological polar surface area (TPSA) is 121 Å². The maximum Gasteiger partial charge on any atom is 0.342 e. The lowest BCUT2D eigenvalue weighted by atomic mass is 10.1. The molecule has 0 aromatic heterocycles. The second kappa shape index (κ2) is 8.11. The summed E-state index contributed by atoms with van der Waals surface area (Å²) in [5, 5.41) is 15.2. The number of benzene rings is 2. The Kier molecular flexibility index (Phi) is 5.19. The molecule has 0 bridgehead atoms. The quantitative estimate of drug-likeness (QED) is 0.289. The number of aromatic nitrogens is 3. The first-order valence-electron chi connectivity index (χ1n) is 9.37. The van der Waals surface area contributed by atoms with Crippen molar-refractivity contribution in [2.45, 2.75) is 6.92 Å². The predicted octanol–water partition coefficient (Wildman–Crippen LogP) is 3.10. The molecule has 2 aromatic carbocycles. The van der Waals surface area contributed by atoms with Crippen LogP contribution < -0.4 is 11.0 Å². The molecule has 0 spiro atoms. The molecule has 0 aliphatic carbocycles. The summed E-state index contributed by atoms with van der Waals surface area (Å²) in [6, 6.07) is 14.6. The number of ether oxygens (including phenoxy) is 1. The Morgan fingerprint density at radius 1 is 1.13 bits per heavy atom. The Hall–Kier alpha value is -4.47. The number of non-ortho nitro benzene ring substituents is 1. The molecule has 4 rings (SSSR count). The van der Waals surface area contributed by atoms with E-state index in [1.54, 1.807) is 31.2 Å². The minimum Gasteiger partial charge on any atom is -0.462 e. The molecular weight excluding hydrogens is 402 g/mol. The molecule has 2 aromatic rings. The normalized spacial score (nSPS) is 10.7. The molecule has 156 valence electrons. The summed E-state index contributed by atoms with van der Waals surface area (Å²) in [6.45, 7) is 1.84.